The monoisotopic (exact) mass is 418 g/mol. The molecule has 61 valence electrons. The smallest absolute Gasteiger partial charge is 0.0866 e. The van der Waals surface area contributed by atoms with E-state index in [1.54, 1.807) is 0 Å². The van der Waals surface area contributed by atoms with Crippen LogP contribution in [0.2, 0.25) is 0 Å². The Morgan fingerprint density at radius 1 is 1.00 bits per heavy atom. The van der Waals surface area contributed by atoms with Gasteiger partial charge in [-0.3, -0.25) is 0 Å². The van der Waals surface area contributed by atoms with Crippen molar-refractivity contribution < 1.29 is 14.7 Å². The molecule has 0 heterocycles. The average molecular weight is 422 g/mol. The van der Waals surface area contributed by atoms with Gasteiger partial charge in [0.05, 0.1) is 0 Å². The minimum atomic E-state index is -1.11. The maximum absolute atomic E-state index is 3.72. The van der Waals surface area contributed by atoms with Gasteiger partial charge in [0.2, 0.25) is 0 Å². The van der Waals surface area contributed by atoms with Crippen LogP contribution < -0.4 is 0 Å². The van der Waals surface area contributed by atoms with Crippen LogP contribution in [0.5, 0.6) is 0 Å². The number of hydrogen-bond acceptors (Lipinski definition) is 0. The van der Waals surface area contributed by atoms with Crippen molar-refractivity contribution in [1.29, 1.82) is 0 Å². The topological polar surface area (TPSA) is 0 Å². The van der Waals surface area contributed by atoms with Crippen molar-refractivity contribution in [3.05, 3.63) is 42.8 Å². The molecule has 0 spiro atoms. The van der Waals surface area contributed by atoms with E-state index < -0.39 is 14.7 Å². The molecule has 1 aromatic carbocycles. The first-order valence-electron chi connectivity index (χ1n) is 2.83. The minimum absolute atomic E-state index is 1.07. The van der Waals surface area contributed by atoms with E-state index in [0.29, 0.717) is 0 Å². The van der Waals surface area contributed by atoms with E-state index in [9.17, 15) is 0 Å². The molecule has 1 aromatic rings. The third-order valence-electron chi connectivity index (χ3n) is 0.843. The Balaban J connectivity index is 0.000000218. The summed E-state index contributed by atoms with van der Waals surface area (Å²) >= 11 is 8.80. The molecule has 0 bridgehead atoms. The van der Waals surface area contributed by atoms with Crippen molar-refractivity contribution in [1.82, 2.24) is 0 Å². The molecule has 0 atom stereocenters. The number of hydrogen-bond donors (Lipinski definition) is 0. The van der Waals surface area contributed by atoms with Crippen LogP contribution in [0, 0.1) is 6.92 Å². The quantitative estimate of drug-likeness (QED) is 0.544. The normalized spacial score (nSPS) is 7.91. The molecule has 0 fully saturated rings. The minimum Gasteiger partial charge on any atom is -0.199 e. The zero-order valence-corrected chi connectivity index (χ0v) is 12.9. The van der Waals surface area contributed by atoms with Gasteiger partial charge in [0.1, 0.15) is 0 Å². The fourth-order valence-electron chi connectivity index (χ4n) is 0.478. The van der Waals surface area contributed by atoms with E-state index in [0.717, 1.165) is 5.56 Å². The van der Waals surface area contributed by atoms with Gasteiger partial charge in [-0.2, -0.15) is 24.6 Å². The van der Waals surface area contributed by atoms with Crippen LogP contribution >= 0.6 is 36.7 Å². The van der Waals surface area contributed by atoms with Crippen LogP contribution in [0.4, 0.5) is 0 Å². The first-order valence-corrected chi connectivity index (χ1v) is 19.7. The first kappa shape index (κ1) is 12.4. The third kappa shape index (κ3) is 11.4. The summed E-state index contributed by atoms with van der Waals surface area (Å²) < 4.78 is 0. The number of halogens is 3. The van der Waals surface area contributed by atoms with Crippen molar-refractivity contribution >= 4 is 36.7 Å². The van der Waals surface area contributed by atoms with Crippen molar-refractivity contribution in [2.45, 2.75) is 0 Å². The summed E-state index contributed by atoms with van der Waals surface area (Å²) in [6.45, 7) is 3.72. The molecule has 0 saturated carbocycles. The van der Waals surface area contributed by atoms with E-state index >= 15 is 0 Å². The molecule has 0 nitrogen and oxygen atoms in total. The zero-order chi connectivity index (χ0) is 8.69. The maximum Gasteiger partial charge on any atom is -0.0866 e. The Bertz CT molecular complexity index is 174. The van der Waals surface area contributed by atoms with Crippen LogP contribution in [-0.4, -0.2) is 0 Å². The molecule has 11 heavy (non-hydrogen) atoms. The van der Waals surface area contributed by atoms with E-state index in [-0.39, 0.29) is 0 Å². The van der Waals surface area contributed by atoms with Crippen molar-refractivity contribution in [2.24, 2.45) is 0 Å². The predicted octanol–water partition coefficient (Wildman–Crippen LogP) is 4.40. The Kier molecular flexibility index (Phi) is 9.06. The number of benzene rings is 1. The first-order chi connectivity index (χ1) is 5.13. The van der Waals surface area contributed by atoms with Crippen LogP contribution in [0.25, 0.3) is 0 Å². The van der Waals surface area contributed by atoms with Crippen LogP contribution in [0.3, 0.4) is 0 Å². The molecule has 0 aliphatic rings. The maximum atomic E-state index is 3.72. The second-order valence-electron chi connectivity index (χ2n) is 1.70. The van der Waals surface area contributed by atoms with Gasteiger partial charge in [0.15, 0.2) is 0 Å². The molecule has 0 unspecified atom stereocenters. The molecule has 0 N–H and O–H groups in total. The Morgan fingerprint density at radius 3 is 1.55 bits per heavy atom. The largest absolute Gasteiger partial charge is 0.199 e. The fourth-order valence-corrected chi connectivity index (χ4v) is 0.478. The van der Waals surface area contributed by atoms with Gasteiger partial charge in [-0.15, -0.1) is 12.1 Å². The fraction of sp³-hybridized carbons (Fsp3) is 0. The van der Waals surface area contributed by atoms with Gasteiger partial charge in [0.25, 0.3) is 0 Å². The zero-order valence-electron chi connectivity index (χ0n) is 5.73. The summed E-state index contributed by atoms with van der Waals surface area (Å²) in [4.78, 5) is 0. The molecule has 0 aromatic heterocycles. The molecular weight excluding hydrogens is 415 g/mol. The van der Waals surface area contributed by atoms with Crippen LogP contribution in [0.15, 0.2) is 30.3 Å². The number of rotatable bonds is 0. The molecule has 0 radical (unpaired) electrons. The Hall–Kier alpha value is 1.41. The molecule has 4 heteroatoms. The van der Waals surface area contributed by atoms with Gasteiger partial charge >= 0.3 is 51.4 Å². The molecular formula is C7H7Br3Zr-. The molecule has 0 saturated heterocycles. The van der Waals surface area contributed by atoms with E-state index in [1.807, 2.05) is 30.3 Å². The summed E-state index contributed by atoms with van der Waals surface area (Å²) in [5.74, 6) is 0. The second-order valence-corrected chi connectivity index (χ2v) is 35.7. The average Bonchev–Trinajstić information content (AvgIpc) is 1.87. The summed E-state index contributed by atoms with van der Waals surface area (Å²) in [5, 5.41) is 0. The Labute approximate surface area is 92.8 Å². The van der Waals surface area contributed by atoms with E-state index in [1.165, 1.54) is 0 Å². The van der Waals surface area contributed by atoms with Gasteiger partial charge in [-0.25, -0.2) is 0 Å². The van der Waals surface area contributed by atoms with Crippen LogP contribution in [0.1, 0.15) is 5.56 Å². The summed E-state index contributed by atoms with van der Waals surface area (Å²) in [5.41, 5.74) is 1.07. The summed E-state index contributed by atoms with van der Waals surface area (Å²) in [6.07, 6.45) is 0. The standard InChI is InChI=1S/C7H7.3BrH.Zr/c1-7-5-3-2-4-6-7;;;;/h2-6H,1H2;3*1H;/q-1;;;;+3/p-3. The predicted molar refractivity (Wildman–Crippen MR) is 57.7 cm³/mol. The van der Waals surface area contributed by atoms with E-state index in [4.69, 9.17) is 0 Å². The van der Waals surface area contributed by atoms with Gasteiger partial charge in [-0.1, -0.05) is 6.07 Å². The van der Waals surface area contributed by atoms with E-state index in [2.05, 4.69) is 43.6 Å². The molecule has 1 rings (SSSR count). The molecule has 0 aliphatic carbocycles. The van der Waals surface area contributed by atoms with Crippen molar-refractivity contribution in [2.75, 3.05) is 0 Å². The SMILES string of the molecule is [Br][Zr]([Br])[Br].[CH2-]c1ccccc1. The second kappa shape index (κ2) is 8.03. The Morgan fingerprint density at radius 2 is 1.36 bits per heavy atom. The van der Waals surface area contributed by atoms with Gasteiger partial charge < -0.3 is 0 Å². The summed E-state index contributed by atoms with van der Waals surface area (Å²) in [7, 11) is 0. The molecule has 0 amide bonds. The summed E-state index contributed by atoms with van der Waals surface area (Å²) in [6, 6.07) is 9.87. The third-order valence-corrected chi connectivity index (χ3v) is 0.843. The van der Waals surface area contributed by atoms with Crippen molar-refractivity contribution in [3.63, 3.8) is 0 Å². The van der Waals surface area contributed by atoms with Gasteiger partial charge in [-0.05, 0) is 0 Å². The van der Waals surface area contributed by atoms with Crippen LogP contribution in [-0.2, 0) is 14.7 Å². The molecule has 0 aliphatic heterocycles. The van der Waals surface area contributed by atoms with Crippen molar-refractivity contribution in [3.8, 4) is 0 Å². The van der Waals surface area contributed by atoms with Gasteiger partial charge in [0, 0.05) is 0 Å².